The van der Waals surface area contributed by atoms with Crippen LogP contribution in [0.3, 0.4) is 0 Å². The Labute approximate surface area is 134 Å². The molecule has 2 unspecified atom stereocenters. The summed E-state index contributed by atoms with van der Waals surface area (Å²) < 4.78 is 0. The Morgan fingerprint density at radius 1 is 1.32 bits per heavy atom. The molecular weight excluding hydrogens is 280 g/mol. The van der Waals surface area contributed by atoms with Crippen LogP contribution in [0.1, 0.15) is 39.0 Å². The lowest BCUT2D eigenvalue weighted by molar-refractivity contribution is -0.124. The van der Waals surface area contributed by atoms with Gasteiger partial charge in [-0.15, -0.1) is 0 Å². The molecule has 22 heavy (non-hydrogen) atoms. The van der Waals surface area contributed by atoms with Crippen LogP contribution in [0.5, 0.6) is 0 Å². The van der Waals surface area contributed by atoms with Crippen LogP contribution < -0.4 is 0 Å². The first-order valence-corrected chi connectivity index (χ1v) is 8.17. The lowest BCUT2D eigenvalue weighted by Crippen LogP contribution is -2.28. The number of aliphatic hydroxyl groups is 2. The molecule has 0 aromatic rings. The first kappa shape index (κ1) is 19.0. The molecular formula is C17H29N2O3. The highest BCUT2D eigenvalue weighted by atomic mass is 16.3. The predicted octanol–water partition coefficient (Wildman–Crippen LogP) is 0.660. The first-order chi connectivity index (χ1) is 10.5. The fourth-order valence-corrected chi connectivity index (χ4v) is 2.41. The van der Waals surface area contributed by atoms with E-state index in [0.717, 1.165) is 32.4 Å². The highest BCUT2D eigenvalue weighted by Gasteiger charge is 2.18. The molecule has 1 radical (unpaired) electrons. The molecule has 1 aliphatic heterocycles. The van der Waals surface area contributed by atoms with Gasteiger partial charge in [-0.2, -0.15) is 0 Å². The first-order valence-electron chi connectivity index (χ1n) is 8.17. The van der Waals surface area contributed by atoms with E-state index in [1.165, 1.54) is 0 Å². The van der Waals surface area contributed by atoms with E-state index in [1.807, 2.05) is 14.0 Å². The third-order valence-electron chi connectivity index (χ3n) is 3.84. The zero-order valence-electron chi connectivity index (χ0n) is 13.8. The van der Waals surface area contributed by atoms with Gasteiger partial charge in [0.15, 0.2) is 0 Å². The molecule has 5 nitrogen and oxygen atoms in total. The SMILES string of the molecule is CCCC(O)C(O)CCCN(C)CC#CCN1CC[CH]C1=O. The van der Waals surface area contributed by atoms with E-state index < -0.39 is 12.2 Å². The van der Waals surface area contributed by atoms with Gasteiger partial charge in [-0.3, -0.25) is 9.69 Å². The number of likely N-dealkylation sites (tertiary alicyclic amines) is 1. The van der Waals surface area contributed by atoms with Crippen molar-refractivity contribution in [3.8, 4) is 11.8 Å². The molecule has 0 bridgehead atoms. The highest BCUT2D eigenvalue weighted by molar-refractivity contribution is 5.87. The summed E-state index contributed by atoms with van der Waals surface area (Å²) in [5.41, 5.74) is 0. The van der Waals surface area contributed by atoms with Gasteiger partial charge in [0.1, 0.15) is 0 Å². The van der Waals surface area contributed by atoms with E-state index in [1.54, 1.807) is 11.3 Å². The van der Waals surface area contributed by atoms with Crippen LogP contribution in [0.2, 0.25) is 0 Å². The molecule has 1 rings (SSSR count). The number of carbonyl (C=O) groups is 1. The lowest BCUT2D eigenvalue weighted by atomic mass is 10.0. The Bertz CT molecular complexity index is 389. The van der Waals surface area contributed by atoms with Crippen LogP contribution in [0.25, 0.3) is 0 Å². The van der Waals surface area contributed by atoms with Gasteiger partial charge in [0, 0.05) is 6.54 Å². The van der Waals surface area contributed by atoms with Crippen molar-refractivity contribution in [2.24, 2.45) is 0 Å². The van der Waals surface area contributed by atoms with Gasteiger partial charge in [0.2, 0.25) is 5.91 Å². The Hall–Kier alpha value is -1.09. The molecule has 0 aromatic heterocycles. The van der Waals surface area contributed by atoms with Gasteiger partial charge in [0.25, 0.3) is 0 Å². The van der Waals surface area contributed by atoms with Crippen LogP contribution >= 0.6 is 0 Å². The fourth-order valence-electron chi connectivity index (χ4n) is 2.41. The summed E-state index contributed by atoms with van der Waals surface area (Å²) in [5.74, 6) is 6.18. The summed E-state index contributed by atoms with van der Waals surface area (Å²) in [7, 11) is 1.98. The number of rotatable bonds is 9. The molecule has 1 aliphatic rings. The molecule has 0 saturated carbocycles. The van der Waals surface area contributed by atoms with Crippen molar-refractivity contribution >= 4 is 5.91 Å². The molecule has 2 N–H and O–H groups in total. The number of hydrogen-bond acceptors (Lipinski definition) is 4. The van der Waals surface area contributed by atoms with Gasteiger partial charge in [-0.25, -0.2) is 0 Å². The van der Waals surface area contributed by atoms with Crippen molar-refractivity contribution in [1.29, 1.82) is 0 Å². The summed E-state index contributed by atoms with van der Waals surface area (Å²) in [6.45, 7) is 4.77. The molecule has 1 saturated heterocycles. The topological polar surface area (TPSA) is 64.0 Å². The maximum Gasteiger partial charge on any atom is 0.227 e. The third kappa shape index (κ3) is 7.26. The second-order valence-corrected chi connectivity index (χ2v) is 5.91. The third-order valence-corrected chi connectivity index (χ3v) is 3.84. The smallest absolute Gasteiger partial charge is 0.227 e. The Morgan fingerprint density at radius 3 is 2.68 bits per heavy atom. The maximum atomic E-state index is 11.4. The minimum absolute atomic E-state index is 0.0854. The summed E-state index contributed by atoms with van der Waals surface area (Å²) in [6, 6.07) is 0. The lowest BCUT2D eigenvalue weighted by Gasteiger charge is -2.19. The van der Waals surface area contributed by atoms with Crippen LogP contribution in [-0.4, -0.2) is 71.4 Å². The molecule has 0 spiro atoms. The van der Waals surface area contributed by atoms with Crippen molar-refractivity contribution in [2.45, 2.75) is 51.2 Å². The average Bonchev–Trinajstić information content (AvgIpc) is 2.89. The van der Waals surface area contributed by atoms with Crippen molar-refractivity contribution in [2.75, 3.05) is 33.2 Å². The van der Waals surface area contributed by atoms with Gasteiger partial charge >= 0.3 is 0 Å². The van der Waals surface area contributed by atoms with E-state index in [9.17, 15) is 15.0 Å². The van der Waals surface area contributed by atoms with E-state index in [-0.39, 0.29) is 5.91 Å². The quantitative estimate of drug-likeness (QED) is 0.614. The van der Waals surface area contributed by atoms with Crippen LogP contribution in [0.15, 0.2) is 0 Å². The monoisotopic (exact) mass is 309 g/mol. The summed E-state index contributed by atoms with van der Waals surface area (Å²) in [4.78, 5) is 15.2. The van der Waals surface area contributed by atoms with Gasteiger partial charge in [-0.05, 0) is 39.3 Å². The minimum Gasteiger partial charge on any atom is -0.390 e. The number of nitrogens with zero attached hydrogens (tertiary/aromatic N) is 2. The molecule has 2 atom stereocenters. The van der Waals surface area contributed by atoms with Crippen LogP contribution in [-0.2, 0) is 4.79 Å². The van der Waals surface area contributed by atoms with Crippen molar-refractivity contribution in [1.82, 2.24) is 9.80 Å². The highest BCUT2D eigenvalue weighted by Crippen LogP contribution is 2.08. The second kappa shape index (κ2) is 10.6. The van der Waals surface area contributed by atoms with Crippen molar-refractivity contribution in [3.05, 3.63) is 6.42 Å². The largest absolute Gasteiger partial charge is 0.390 e. The molecule has 125 valence electrons. The summed E-state index contributed by atoms with van der Waals surface area (Å²) in [6.07, 6.45) is 4.26. The van der Waals surface area contributed by atoms with Gasteiger partial charge in [0.05, 0.1) is 31.7 Å². The Balaban J connectivity index is 2.11. The fraction of sp³-hybridized carbons (Fsp3) is 0.765. The standard InChI is InChI=1S/C17H29N2O3/c1-3-8-15(20)16(21)9-6-12-18(2)11-4-5-13-19-14-7-10-17(19)22/h10,15-16,20-21H,3,6-9,11-14H2,1-2H3. The normalized spacial score (nSPS) is 17.5. The van der Waals surface area contributed by atoms with Crippen LogP contribution in [0.4, 0.5) is 0 Å². The van der Waals surface area contributed by atoms with Gasteiger partial charge in [-0.1, -0.05) is 25.2 Å². The summed E-state index contributed by atoms with van der Waals surface area (Å²) in [5, 5.41) is 19.4. The zero-order valence-corrected chi connectivity index (χ0v) is 13.8. The number of carbonyl (C=O) groups excluding carboxylic acids is 1. The maximum absolute atomic E-state index is 11.4. The number of hydrogen-bond donors (Lipinski definition) is 2. The molecule has 1 heterocycles. The molecule has 1 amide bonds. The van der Waals surface area contributed by atoms with E-state index in [4.69, 9.17) is 0 Å². The zero-order chi connectivity index (χ0) is 16.4. The summed E-state index contributed by atoms with van der Waals surface area (Å²) >= 11 is 0. The Morgan fingerprint density at radius 2 is 2.05 bits per heavy atom. The van der Waals surface area contributed by atoms with Crippen molar-refractivity contribution in [3.63, 3.8) is 0 Å². The van der Waals surface area contributed by atoms with Crippen LogP contribution in [0, 0.1) is 18.3 Å². The van der Waals surface area contributed by atoms with E-state index >= 15 is 0 Å². The molecule has 5 heteroatoms. The average molecular weight is 309 g/mol. The molecule has 0 aliphatic carbocycles. The minimum atomic E-state index is -0.628. The van der Waals surface area contributed by atoms with E-state index in [0.29, 0.717) is 25.9 Å². The Kier molecular flexibility index (Phi) is 9.14. The molecule has 1 fully saturated rings. The number of aliphatic hydroxyl groups excluding tert-OH is 2. The van der Waals surface area contributed by atoms with E-state index in [2.05, 4.69) is 16.7 Å². The van der Waals surface area contributed by atoms with Crippen molar-refractivity contribution < 1.29 is 15.0 Å². The molecule has 0 aromatic carbocycles. The second-order valence-electron chi connectivity index (χ2n) is 5.91. The predicted molar refractivity (Wildman–Crippen MR) is 86.9 cm³/mol. The number of amides is 1. The van der Waals surface area contributed by atoms with Gasteiger partial charge < -0.3 is 15.1 Å².